The van der Waals surface area contributed by atoms with Crippen LogP contribution in [0.25, 0.3) is 6.08 Å². The minimum absolute atomic E-state index is 0.157. The lowest BCUT2D eigenvalue weighted by molar-refractivity contribution is -0.111. The predicted molar refractivity (Wildman–Crippen MR) is 86.3 cm³/mol. The standard InChI is InChI=1S/C17H21N3O/c1-11(2)15-8-5-14(6-9-15)7-10-16(21)18-17-12(3)19-20-13(17)4/h5-11H,1-4H3,(H,18,21)(H,19,20)/b10-7+. The normalized spacial score (nSPS) is 11.3. The molecule has 2 aromatic rings. The van der Waals surface area contributed by atoms with Crippen LogP contribution >= 0.6 is 0 Å². The topological polar surface area (TPSA) is 57.8 Å². The fourth-order valence-corrected chi connectivity index (χ4v) is 2.06. The van der Waals surface area contributed by atoms with Crippen molar-refractivity contribution >= 4 is 17.7 Å². The van der Waals surface area contributed by atoms with Crippen LogP contribution in [0.5, 0.6) is 0 Å². The third kappa shape index (κ3) is 3.81. The zero-order valence-electron chi connectivity index (χ0n) is 12.9. The van der Waals surface area contributed by atoms with E-state index in [9.17, 15) is 4.79 Å². The molecule has 0 bridgehead atoms. The van der Waals surface area contributed by atoms with Crippen LogP contribution in [0.3, 0.4) is 0 Å². The van der Waals surface area contributed by atoms with Crippen LogP contribution in [0.1, 0.15) is 42.3 Å². The van der Waals surface area contributed by atoms with Gasteiger partial charge in [0.15, 0.2) is 0 Å². The summed E-state index contributed by atoms with van der Waals surface area (Å²) in [6.45, 7) is 8.05. The Kier molecular flexibility index (Phi) is 4.58. The van der Waals surface area contributed by atoms with Gasteiger partial charge in [0.2, 0.25) is 5.91 Å². The highest BCUT2D eigenvalue weighted by Gasteiger charge is 2.07. The molecule has 0 aliphatic rings. The summed E-state index contributed by atoms with van der Waals surface area (Å²) >= 11 is 0. The molecule has 0 radical (unpaired) electrons. The number of amides is 1. The number of aromatic nitrogens is 2. The number of nitrogens with one attached hydrogen (secondary N) is 2. The third-order valence-corrected chi connectivity index (χ3v) is 3.41. The van der Waals surface area contributed by atoms with Crippen molar-refractivity contribution < 1.29 is 4.79 Å². The van der Waals surface area contributed by atoms with E-state index in [1.807, 2.05) is 32.1 Å². The van der Waals surface area contributed by atoms with Crippen LogP contribution in [0.4, 0.5) is 5.69 Å². The molecule has 0 saturated carbocycles. The molecule has 0 aliphatic carbocycles. The summed E-state index contributed by atoms with van der Waals surface area (Å²) in [4.78, 5) is 11.9. The Morgan fingerprint density at radius 1 is 1.24 bits per heavy atom. The van der Waals surface area contributed by atoms with Crippen LogP contribution in [-0.2, 0) is 4.79 Å². The predicted octanol–water partition coefficient (Wildman–Crippen LogP) is 3.80. The molecule has 2 rings (SSSR count). The number of benzene rings is 1. The van der Waals surface area contributed by atoms with E-state index in [0.29, 0.717) is 5.92 Å². The van der Waals surface area contributed by atoms with Gasteiger partial charge in [-0.1, -0.05) is 38.1 Å². The van der Waals surface area contributed by atoms with E-state index in [1.165, 1.54) is 11.6 Å². The van der Waals surface area contributed by atoms with Crippen LogP contribution < -0.4 is 5.32 Å². The molecule has 0 spiro atoms. The SMILES string of the molecule is Cc1n[nH]c(C)c1NC(=O)/C=C/c1ccc(C(C)C)cc1. The molecule has 0 fully saturated rings. The highest BCUT2D eigenvalue weighted by Crippen LogP contribution is 2.17. The van der Waals surface area contributed by atoms with Gasteiger partial charge in [-0.05, 0) is 37.0 Å². The van der Waals surface area contributed by atoms with E-state index in [1.54, 1.807) is 0 Å². The number of carbonyl (C=O) groups is 1. The smallest absolute Gasteiger partial charge is 0.248 e. The zero-order valence-corrected chi connectivity index (χ0v) is 12.9. The molecule has 110 valence electrons. The second-order valence-electron chi connectivity index (χ2n) is 5.45. The molecular weight excluding hydrogens is 262 g/mol. The first-order valence-electron chi connectivity index (χ1n) is 7.08. The molecule has 0 aliphatic heterocycles. The second-order valence-corrected chi connectivity index (χ2v) is 5.45. The Labute approximate surface area is 125 Å². The molecular formula is C17H21N3O. The highest BCUT2D eigenvalue weighted by atomic mass is 16.1. The number of hydrogen-bond acceptors (Lipinski definition) is 2. The van der Waals surface area contributed by atoms with Crippen LogP contribution in [0.2, 0.25) is 0 Å². The quantitative estimate of drug-likeness (QED) is 0.838. The summed E-state index contributed by atoms with van der Waals surface area (Å²) in [6, 6.07) is 8.22. The maximum absolute atomic E-state index is 11.9. The lowest BCUT2D eigenvalue weighted by Gasteiger charge is -2.05. The maximum Gasteiger partial charge on any atom is 0.248 e. The summed E-state index contributed by atoms with van der Waals surface area (Å²) in [6.07, 6.45) is 3.35. The first kappa shape index (κ1) is 15.0. The van der Waals surface area contributed by atoms with Gasteiger partial charge in [0, 0.05) is 6.08 Å². The van der Waals surface area contributed by atoms with E-state index >= 15 is 0 Å². The summed E-state index contributed by atoms with van der Waals surface area (Å²) < 4.78 is 0. The summed E-state index contributed by atoms with van der Waals surface area (Å²) in [7, 11) is 0. The van der Waals surface area contributed by atoms with Crippen LogP contribution in [0, 0.1) is 13.8 Å². The molecule has 1 amide bonds. The van der Waals surface area contributed by atoms with Gasteiger partial charge in [0.1, 0.15) is 0 Å². The Bertz CT molecular complexity index is 632. The Morgan fingerprint density at radius 2 is 1.90 bits per heavy atom. The van der Waals surface area contributed by atoms with Crippen molar-refractivity contribution in [1.82, 2.24) is 10.2 Å². The van der Waals surface area contributed by atoms with Gasteiger partial charge in [-0.3, -0.25) is 9.89 Å². The number of rotatable bonds is 4. The molecule has 1 aromatic carbocycles. The maximum atomic E-state index is 11.9. The molecule has 21 heavy (non-hydrogen) atoms. The largest absolute Gasteiger partial charge is 0.319 e. The highest BCUT2D eigenvalue weighted by molar-refractivity contribution is 6.02. The molecule has 0 saturated heterocycles. The Morgan fingerprint density at radius 3 is 2.43 bits per heavy atom. The first-order valence-corrected chi connectivity index (χ1v) is 7.08. The van der Waals surface area contributed by atoms with E-state index in [2.05, 4.69) is 41.5 Å². The number of aryl methyl sites for hydroxylation is 2. The molecule has 1 heterocycles. The van der Waals surface area contributed by atoms with Gasteiger partial charge in [0.25, 0.3) is 0 Å². The number of nitrogens with zero attached hydrogens (tertiary/aromatic N) is 1. The Hall–Kier alpha value is -2.36. The number of carbonyl (C=O) groups excluding carboxylic acids is 1. The van der Waals surface area contributed by atoms with Crippen molar-refractivity contribution in [3.63, 3.8) is 0 Å². The zero-order chi connectivity index (χ0) is 15.4. The van der Waals surface area contributed by atoms with Crippen LogP contribution in [0.15, 0.2) is 30.3 Å². The van der Waals surface area contributed by atoms with Crippen molar-refractivity contribution in [3.8, 4) is 0 Å². The van der Waals surface area contributed by atoms with Crippen molar-refractivity contribution in [3.05, 3.63) is 52.9 Å². The average molecular weight is 283 g/mol. The lowest BCUT2D eigenvalue weighted by Crippen LogP contribution is -2.09. The monoisotopic (exact) mass is 283 g/mol. The van der Waals surface area contributed by atoms with E-state index in [0.717, 1.165) is 22.6 Å². The third-order valence-electron chi connectivity index (χ3n) is 3.41. The van der Waals surface area contributed by atoms with Gasteiger partial charge in [0.05, 0.1) is 17.1 Å². The molecule has 1 aromatic heterocycles. The van der Waals surface area contributed by atoms with Crippen molar-refractivity contribution in [2.75, 3.05) is 5.32 Å². The molecule has 4 nitrogen and oxygen atoms in total. The summed E-state index contributed by atoms with van der Waals surface area (Å²) in [5.74, 6) is 0.355. The molecule has 0 atom stereocenters. The average Bonchev–Trinajstić information content (AvgIpc) is 2.77. The van der Waals surface area contributed by atoms with Gasteiger partial charge in [-0.2, -0.15) is 5.10 Å². The van der Waals surface area contributed by atoms with E-state index < -0.39 is 0 Å². The summed E-state index contributed by atoms with van der Waals surface area (Å²) in [5, 5.41) is 9.73. The minimum atomic E-state index is -0.157. The van der Waals surface area contributed by atoms with Crippen molar-refractivity contribution in [2.24, 2.45) is 0 Å². The number of aromatic amines is 1. The fraction of sp³-hybridized carbons (Fsp3) is 0.294. The second kappa shape index (κ2) is 6.39. The van der Waals surface area contributed by atoms with Crippen LogP contribution in [-0.4, -0.2) is 16.1 Å². The van der Waals surface area contributed by atoms with Gasteiger partial charge in [-0.25, -0.2) is 0 Å². The molecule has 2 N–H and O–H groups in total. The van der Waals surface area contributed by atoms with Crippen molar-refractivity contribution in [2.45, 2.75) is 33.6 Å². The number of H-pyrrole nitrogens is 1. The van der Waals surface area contributed by atoms with E-state index in [4.69, 9.17) is 0 Å². The number of hydrogen-bond donors (Lipinski definition) is 2. The Balaban J connectivity index is 2.02. The fourth-order valence-electron chi connectivity index (χ4n) is 2.06. The lowest BCUT2D eigenvalue weighted by atomic mass is 10.0. The molecule has 4 heteroatoms. The minimum Gasteiger partial charge on any atom is -0.319 e. The first-order chi connectivity index (χ1) is 9.97. The van der Waals surface area contributed by atoms with Gasteiger partial charge in [-0.15, -0.1) is 0 Å². The van der Waals surface area contributed by atoms with Gasteiger partial charge < -0.3 is 5.32 Å². The molecule has 0 unspecified atom stereocenters. The summed E-state index contributed by atoms with van der Waals surface area (Å²) in [5.41, 5.74) is 4.70. The van der Waals surface area contributed by atoms with E-state index in [-0.39, 0.29) is 5.91 Å². The number of anilines is 1. The van der Waals surface area contributed by atoms with Crippen molar-refractivity contribution in [1.29, 1.82) is 0 Å². The van der Waals surface area contributed by atoms with Gasteiger partial charge >= 0.3 is 0 Å².